The van der Waals surface area contributed by atoms with Gasteiger partial charge in [-0.3, -0.25) is 4.79 Å². The van der Waals surface area contributed by atoms with Gasteiger partial charge in [0.2, 0.25) is 0 Å². The molecule has 3 aromatic rings. The van der Waals surface area contributed by atoms with E-state index >= 15 is 0 Å². The zero-order valence-corrected chi connectivity index (χ0v) is 10.2. The summed E-state index contributed by atoms with van der Waals surface area (Å²) < 4.78 is 5.35. The predicted octanol–water partition coefficient (Wildman–Crippen LogP) is 3.13. The fourth-order valence-corrected chi connectivity index (χ4v) is 2.45. The number of H-pyrrole nitrogens is 1. The van der Waals surface area contributed by atoms with Crippen LogP contribution >= 0.6 is 11.8 Å². The molecule has 0 amide bonds. The van der Waals surface area contributed by atoms with Gasteiger partial charge in [-0.15, -0.1) is 0 Å². The van der Waals surface area contributed by atoms with Crippen LogP contribution in [-0.2, 0) is 0 Å². The first-order chi connectivity index (χ1) is 8.84. The quantitative estimate of drug-likeness (QED) is 0.577. The van der Waals surface area contributed by atoms with E-state index in [4.69, 9.17) is 4.42 Å². The van der Waals surface area contributed by atoms with Crippen LogP contribution in [0, 0.1) is 0 Å². The Morgan fingerprint density at radius 1 is 1.39 bits per heavy atom. The number of carbonyl (C=O) groups is 1. The van der Waals surface area contributed by atoms with Crippen molar-refractivity contribution in [3.05, 3.63) is 48.5 Å². The van der Waals surface area contributed by atoms with Gasteiger partial charge >= 0.3 is 0 Å². The number of carbonyl (C=O) groups excluding carboxylic acids is 1. The van der Waals surface area contributed by atoms with Crippen molar-refractivity contribution in [3.8, 4) is 0 Å². The summed E-state index contributed by atoms with van der Waals surface area (Å²) in [5.41, 5.74) is 1.37. The maximum atomic E-state index is 12.1. The minimum atomic E-state index is 0.0429. The van der Waals surface area contributed by atoms with Crippen molar-refractivity contribution in [2.75, 3.05) is 5.75 Å². The first-order valence-electron chi connectivity index (χ1n) is 5.46. The van der Waals surface area contributed by atoms with E-state index in [1.807, 2.05) is 24.3 Å². The number of hydrogen-bond donors (Lipinski definition) is 1. The Morgan fingerprint density at radius 2 is 2.28 bits per heavy atom. The van der Waals surface area contributed by atoms with E-state index in [1.165, 1.54) is 18.0 Å². The Bertz CT molecular complexity index is 673. The molecule has 0 fully saturated rings. The van der Waals surface area contributed by atoms with Crippen molar-refractivity contribution in [3.63, 3.8) is 0 Å². The van der Waals surface area contributed by atoms with Gasteiger partial charge in [0.05, 0.1) is 11.3 Å². The third-order valence-corrected chi connectivity index (χ3v) is 3.50. The van der Waals surface area contributed by atoms with Crippen LogP contribution < -0.4 is 0 Å². The number of hydrogen-bond acceptors (Lipinski definition) is 4. The number of nitrogens with one attached hydrogen (secondary N) is 1. The summed E-state index contributed by atoms with van der Waals surface area (Å²) in [4.78, 5) is 19.1. The maximum Gasteiger partial charge on any atom is 0.177 e. The lowest BCUT2D eigenvalue weighted by Crippen LogP contribution is -2.01. The molecule has 0 aliphatic heterocycles. The van der Waals surface area contributed by atoms with Gasteiger partial charge in [-0.1, -0.05) is 30.0 Å². The first kappa shape index (κ1) is 11.1. The summed E-state index contributed by atoms with van der Waals surface area (Å²) in [6.07, 6.45) is 4.93. The summed E-state index contributed by atoms with van der Waals surface area (Å²) >= 11 is 1.38. The van der Waals surface area contributed by atoms with Crippen LogP contribution in [0.15, 0.2) is 52.5 Å². The third kappa shape index (κ3) is 2.04. The highest BCUT2D eigenvalue weighted by Crippen LogP contribution is 2.23. The Hall–Kier alpha value is -2.01. The highest BCUT2D eigenvalue weighted by molar-refractivity contribution is 7.99. The van der Waals surface area contributed by atoms with Gasteiger partial charge in [-0.2, -0.15) is 0 Å². The van der Waals surface area contributed by atoms with E-state index in [0.717, 1.165) is 16.1 Å². The minimum absolute atomic E-state index is 0.0429. The number of fused-ring (bicyclic) bond motifs is 1. The lowest BCUT2D eigenvalue weighted by atomic mass is 10.1. The second-order valence-electron chi connectivity index (χ2n) is 3.75. The fourth-order valence-electron chi connectivity index (χ4n) is 1.74. The Kier molecular flexibility index (Phi) is 2.90. The second-order valence-corrected chi connectivity index (χ2v) is 4.72. The van der Waals surface area contributed by atoms with Crippen LogP contribution in [0.25, 0.3) is 11.0 Å². The number of thioether (sulfide) groups is 1. The summed E-state index contributed by atoms with van der Waals surface area (Å²) in [6, 6.07) is 7.53. The van der Waals surface area contributed by atoms with Crippen molar-refractivity contribution in [2.24, 2.45) is 0 Å². The summed E-state index contributed by atoms with van der Waals surface area (Å²) in [5.74, 6) is 0.387. The number of ketones is 1. The van der Waals surface area contributed by atoms with Gasteiger partial charge in [0.1, 0.15) is 11.8 Å². The molecule has 0 saturated heterocycles. The van der Waals surface area contributed by atoms with Gasteiger partial charge < -0.3 is 9.40 Å². The molecule has 0 spiro atoms. The normalized spacial score (nSPS) is 10.9. The molecule has 4 nitrogen and oxygen atoms in total. The number of rotatable bonds is 4. The summed E-state index contributed by atoms with van der Waals surface area (Å²) in [7, 11) is 0. The number of Topliss-reactive ketones (excluding diaryl/α,β-unsaturated/α-hetero) is 1. The van der Waals surface area contributed by atoms with Crippen molar-refractivity contribution in [1.29, 1.82) is 0 Å². The molecule has 0 aliphatic carbocycles. The van der Waals surface area contributed by atoms with Crippen LogP contribution in [0.2, 0.25) is 0 Å². The fraction of sp³-hybridized carbons (Fsp3) is 0.0769. The Balaban J connectivity index is 1.80. The van der Waals surface area contributed by atoms with Crippen molar-refractivity contribution in [2.45, 2.75) is 5.16 Å². The molecule has 0 bridgehead atoms. The molecule has 3 rings (SSSR count). The molecule has 2 heterocycles. The van der Waals surface area contributed by atoms with Crippen LogP contribution in [0.1, 0.15) is 10.4 Å². The molecule has 0 radical (unpaired) electrons. The maximum absolute atomic E-state index is 12.1. The first-order valence-corrected chi connectivity index (χ1v) is 6.45. The third-order valence-electron chi connectivity index (χ3n) is 2.59. The monoisotopic (exact) mass is 258 g/mol. The van der Waals surface area contributed by atoms with Crippen molar-refractivity contribution >= 4 is 28.5 Å². The number of aromatic amines is 1. The molecule has 5 heteroatoms. The van der Waals surface area contributed by atoms with Crippen molar-refractivity contribution < 1.29 is 9.21 Å². The molecule has 0 atom stereocenters. The number of furan rings is 1. The SMILES string of the molecule is O=C(CSc1ncc[nH]1)c1coc2ccccc12. The lowest BCUT2D eigenvalue weighted by molar-refractivity contribution is 0.102. The standard InChI is InChI=1S/C13H10N2O2S/c16-11(8-18-13-14-5-6-15-13)10-7-17-12-4-2-1-3-9(10)12/h1-7H,8H2,(H,14,15). The molecule has 0 aliphatic rings. The van der Waals surface area contributed by atoms with Crippen LogP contribution in [0.5, 0.6) is 0 Å². The van der Waals surface area contributed by atoms with E-state index in [2.05, 4.69) is 9.97 Å². The molecular weight excluding hydrogens is 248 g/mol. The van der Waals surface area contributed by atoms with E-state index in [9.17, 15) is 4.79 Å². The predicted molar refractivity (Wildman–Crippen MR) is 69.9 cm³/mol. The van der Waals surface area contributed by atoms with Crippen LogP contribution in [0.3, 0.4) is 0 Å². The molecule has 1 N–H and O–H groups in total. The van der Waals surface area contributed by atoms with E-state index in [-0.39, 0.29) is 5.78 Å². The number of nitrogens with zero attached hydrogens (tertiary/aromatic N) is 1. The van der Waals surface area contributed by atoms with Gasteiger partial charge in [0, 0.05) is 17.8 Å². The highest BCUT2D eigenvalue weighted by Gasteiger charge is 2.13. The smallest absolute Gasteiger partial charge is 0.177 e. The molecule has 0 unspecified atom stereocenters. The average Bonchev–Trinajstić information content (AvgIpc) is 3.05. The molecule has 18 heavy (non-hydrogen) atoms. The zero-order chi connectivity index (χ0) is 12.4. The number of imidazole rings is 1. The van der Waals surface area contributed by atoms with Crippen LogP contribution in [-0.4, -0.2) is 21.5 Å². The van der Waals surface area contributed by atoms with E-state index in [0.29, 0.717) is 11.3 Å². The zero-order valence-electron chi connectivity index (χ0n) is 9.42. The largest absolute Gasteiger partial charge is 0.464 e. The Labute approximate surface area is 107 Å². The highest BCUT2D eigenvalue weighted by atomic mass is 32.2. The average molecular weight is 258 g/mol. The molecular formula is C13H10N2O2S. The molecule has 90 valence electrons. The number of para-hydroxylation sites is 1. The minimum Gasteiger partial charge on any atom is -0.464 e. The Morgan fingerprint density at radius 3 is 3.11 bits per heavy atom. The number of aromatic nitrogens is 2. The van der Waals surface area contributed by atoms with Crippen molar-refractivity contribution in [1.82, 2.24) is 9.97 Å². The number of benzene rings is 1. The van der Waals surface area contributed by atoms with Crippen LogP contribution in [0.4, 0.5) is 0 Å². The van der Waals surface area contributed by atoms with E-state index in [1.54, 1.807) is 12.4 Å². The van der Waals surface area contributed by atoms with Gasteiger partial charge in [0.15, 0.2) is 10.9 Å². The van der Waals surface area contributed by atoms with Gasteiger partial charge in [0.25, 0.3) is 0 Å². The lowest BCUT2D eigenvalue weighted by Gasteiger charge is -1.96. The van der Waals surface area contributed by atoms with E-state index < -0.39 is 0 Å². The molecule has 0 saturated carbocycles. The van der Waals surface area contributed by atoms with Gasteiger partial charge in [-0.05, 0) is 6.07 Å². The summed E-state index contributed by atoms with van der Waals surface area (Å²) in [5, 5.41) is 1.61. The summed E-state index contributed by atoms with van der Waals surface area (Å²) in [6.45, 7) is 0. The second kappa shape index (κ2) is 4.70. The molecule has 2 aromatic heterocycles. The topological polar surface area (TPSA) is 58.9 Å². The molecule has 1 aromatic carbocycles. The van der Waals surface area contributed by atoms with Gasteiger partial charge in [-0.25, -0.2) is 4.98 Å².